The summed E-state index contributed by atoms with van der Waals surface area (Å²) in [4.78, 5) is 13.8. The molecule has 22 heavy (non-hydrogen) atoms. The van der Waals surface area contributed by atoms with E-state index in [4.69, 9.17) is 0 Å². The predicted octanol–water partition coefficient (Wildman–Crippen LogP) is 2.88. The first-order chi connectivity index (χ1) is 10.5. The summed E-state index contributed by atoms with van der Waals surface area (Å²) in [7, 11) is 1.87. The van der Waals surface area contributed by atoms with Gasteiger partial charge in [-0.15, -0.1) is 0 Å². The summed E-state index contributed by atoms with van der Waals surface area (Å²) in [6.07, 6.45) is 0. The Labute approximate surface area is 130 Å². The van der Waals surface area contributed by atoms with Crippen LogP contribution in [0.25, 0.3) is 0 Å². The van der Waals surface area contributed by atoms with Crippen LogP contribution in [0.15, 0.2) is 48.5 Å². The maximum Gasteiger partial charge on any atom is 0.234 e. The number of nitrogens with zero attached hydrogens (tertiary/aromatic N) is 1. The third-order valence-electron chi connectivity index (χ3n) is 3.39. The van der Waals surface area contributed by atoms with Crippen molar-refractivity contribution in [3.05, 3.63) is 71.0 Å². The topological polar surface area (TPSA) is 32.3 Å². The molecule has 0 saturated carbocycles. The number of hydrogen-bond acceptors (Lipinski definition) is 2. The number of carbonyl (C=O) groups excluding carboxylic acids is 1. The summed E-state index contributed by atoms with van der Waals surface area (Å²) >= 11 is 0. The monoisotopic (exact) mass is 300 g/mol. The van der Waals surface area contributed by atoms with Gasteiger partial charge in [0.15, 0.2) is 0 Å². The minimum absolute atomic E-state index is 0.0230. The number of nitrogens with one attached hydrogen (secondary N) is 1. The number of benzene rings is 2. The molecule has 0 radical (unpaired) electrons. The van der Waals surface area contributed by atoms with E-state index in [1.54, 1.807) is 12.1 Å². The summed E-state index contributed by atoms with van der Waals surface area (Å²) < 4.78 is 12.8. The first-order valence-electron chi connectivity index (χ1n) is 7.28. The summed E-state index contributed by atoms with van der Waals surface area (Å²) in [5.74, 6) is -0.271. The molecule has 0 bridgehead atoms. The molecule has 0 aliphatic rings. The molecule has 0 saturated heterocycles. The molecule has 0 unspecified atom stereocenters. The van der Waals surface area contributed by atoms with Gasteiger partial charge in [-0.1, -0.05) is 42.0 Å². The highest BCUT2D eigenvalue weighted by atomic mass is 19.1. The van der Waals surface area contributed by atoms with Gasteiger partial charge in [-0.3, -0.25) is 9.69 Å². The fourth-order valence-electron chi connectivity index (χ4n) is 2.17. The largest absolute Gasteiger partial charge is 0.351 e. The Morgan fingerprint density at radius 1 is 1.05 bits per heavy atom. The Balaban J connectivity index is 1.76. The number of amides is 1. The molecule has 0 aromatic heterocycles. The fraction of sp³-hybridized carbons (Fsp3) is 0.278. The molecule has 1 N–H and O–H groups in total. The predicted molar refractivity (Wildman–Crippen MR) is 85.8 cm³/mol. The van der Waals surface area contributed by atoms with E-state index < -0.39 is 0 Å². The van der Waals surface area contributed by atoms with Crippen LogP contribution in [0.2, 0.25) is 0 Å². The normalized spacial score (nSPS) is 10.7. The van der Waals surface area contributed by atoms with Crippen molar-refractivity contribution >= 4 is 5.91 Å². The molecule has 0 aliphatic carbocycles. The van der Waals surface area contributed by atoms with Crippen molar-refractivity contribution in [2.75, 3.05) is 13.6 Å². The van der Waals surface area contributed by atoms with E-state index in [0.29, 0.717) is 19.6 Å². The van der Waals surface area contributed by atoms with Crippen LogP contribution in [0.1, 0.15) is 16.7 Å². The molecular weight excluding hydrogens is 279 g/mol. The Bertz CT molecular complexity index is 608. The molecule has 0 heterocycles. The smallest absolute Gasteiger partial charge is 0.234 e. The van der Waals surface area contributed by atoms with Crippen LogP contribution < -0.4 is 5.32 Å². The molecule has 1 amide bonds. The van der Waals surface area contributed by atoms with Gasteiger partial charge in [-0.05, 0) is 37.2 Å². The fourth-order valence-corrected chi connectivity index (χ4v) is 2.17. The summed E-state index contributed by atoms with van der Waals surface area (Å²) in [6, 6.07) is 14.4. The van der Waals surface area contributed by atoms with Crippen LogP contribution in [0.3, 0.4) is 0 Å². The average molecular weight is 300 g/mol. The minimum atomic E-state index is -0.248. The number of halogens is 1. The van der Waals surface area contributed by atoms with Gasteiger partial charge in [0.2, 0.25) is 5.91 Å². The molecule has 2 aromatic rings. The zero-order chi connectivity index (χ0) is 15.9. The maximum absolute atomic E-state index is 12.8. The number of likely N-dealkylation sites (N-methyl/N-ethyl adjacent to an activating group) is 1. The Morgan fingerprint density at radius 2 is 1.64 bits per heavy atom. The van der Waals surface area contributed by atoms with Crippen LogP contribution in [0.4, 0.5) is 4.39 Å². The summed E-state index contributed by atoms with van der Waals surface area (Å²) in [5, 5.41) is 2.90. The second kappa shape index (κ2) is 7.71. The highest BCUT2D eigenvalue weighted by Gasteiger charge is 2.07. The van der Waals surface area contributed by atoms with Gasteiger partial charge in [0, 0.05) is 13.1 Å². The zero-order valence-corrected chi connectivity index (χ0v) is 13.0. The number of aryl methyl sites for hydroxylation is 1. The van der Waals surface area contributed by atoms with Gasteiger partial charge in [-0.2, -0.15) is 0 Å². The standard InChI is InChI=1S/C18H21FN2O/c1-14-3-5-15(6-4-14)11-20-18(22)13-21(2)12-16-7-9-17(19)10-8-16/h3-10H,11-13H2,1-2H3,(H,20,22). The Kier molecular flexibility index (Phi) is 5.67. The second-order valence-electron chi connectivity index (χ2n) is 5.56. The highest BCUT2D eigenvalue weighted by Crippen LogP contribution is 2.05. The number of rotatable bonds is 6. The van der Waals surface area contributed by atoms with Gasteiger partial charge in [0.05, 0.1) is 6.54 Å². The number of hydrogen-bond donors (Lipinski definition) is 1. The van der Waals surface area contributed by atoms with Crippen molar-refractivity contribution in [1.29, 1.82) is 0 Å². The SMILES string of the molecule is Cc1ccc(CNC(=O)CN(C)Cc2ccc(F)cc2)cc1. The van der Waals surface area contributed by atoms with Crippen molar-refractivity contribution in [2.45, 2.75) is 20.0 Å². The molecule has 2 rings (SSSR count). The van der Waals surface area contributed by atoms with Crippen LogP contribution in [-0.2, 0) is 17.9 Å². The first kappa shape index (κ1) is 16.2. The van der Waals surface area contributed by atoms with Crippen molar-refractivity contribution in [1.82, 2.24) is 10.2 Å². The van der Waals surface area contributed by atoms with Crippen molar-refractivity contribution in [2.24, 2.45) is 0 Å². The molecule has 116 valence electrons. The average Bonchev–Trinajstić information content (AvgIpc) is 2.49. The van der Waals surface area contributed by atoms with Gasteiger partial charge < -0.3 is 5.32 Å². The van der Waals surface area contributed by atoms with E-state index >= 15 is 0 Å². The van der Waals surface area contributed by atoms with Gasteiger partial charge in [-0.25, -0.2) is 4.39 Å². The molecule has 0 atom stereocenters. The van der Waals surface area contributed by atoms with Crippen molar-refractivity contribution in [3.8, 4) is 0 Å². The maximum atomic E-state index is 12.8. The Morgan fingerprint density at radius 3 is 2.27 bits per heavy atom. The van der Waals surface area contributed by atoms with Gasteiger partial charge >= 0.3 is 0 Å². The lowest BCUT2D eigenvalue weighted by Gasteiger charge is -2.16. The molecule has 3 nitrogen and oxygen atoms in total. The highest BCUT2D eigenvalue weighted by molar-refractivity contribution is 5.77. The molecule has 0 aliphatic heterocycles. The molecule has 0 fully saturated rings. The zero-order valence-electron chi connectivity index (χ0n) is 13.0. The first-order valence-corrected chi connectivity index (χ1v) is 7.28. The lowest BCUT2D eigenvalue weighted by atomic mass is 10.1. The van der Waals surface area contributed by atoms with Crippen LogP contribution in [0, 0.1) is 12.7 Å². The second-order valence-corrected chi connectivity index (χ2v) is 5.56. The summed E-state index contributed by atoms with van der Waals surface area (Å²) in [6.45, 7) is 3.48. The van der Waals surface area contributed by atoms with Crippen LogP contribution in [0.5, 0.6) is 0 Å². The molecule has 4 heteroatoms. The number of carbonyl (C=O) groups is 1. The minimum Gasteiger partial charge on any atom is -0.351 e. The van der Waals surface area contributed by atoms with E-state index in [0.717, 1.165) is 11.1 Å². The molecule has 0 spiro atoms. The molecule has 2 aromatic carbocycles. The van der Waals surface area contributed by atoms with E-state index in [1.165, 1.54) is 17.7 Å². The van der Waals surface area contributed by atoms with Crippen LogP contribution >= 0.6 is 0 Å². The third-order valence-corrected chi connectivity index (χ3v) is 3.39. The lowest BCUT2D eigenvalue weighted by molar-refractivity contribution is -0.122. The van der Waals surface area contributed by atoms with Crippen molar-refractivity contribution < 1.29 is 9.18 Å². The van der Waals surface area contributed by atoms with E-state index in [2.05, 4.69) is 5.32 Å². The van der Waals surface area contributed by atoms with Gasteiger partial charge in [0.1, 0.15) is 5.82 Å². The van der Waals surface area contributed by atoms with Gasteiger partial charge in [0.25, 0.3) is 0 Å². The van der Waals surface area contributed by atoms with Crippen LogP contribution in [-0.4, -0.2) is 24.4 Å². The lowest BCUT2D eigenvalue weighted by Crippen LogP contribution is -2.34. The third kappa shape index (κ3) is 5.30. The summed E-state index contributed by atoms with van der Waals surface area (Å²) in [5.41, 5.74) is 3.27. The van der Waals surface area contributed by atoms with Crippen molar-refractivity contribution in [3.63, 3.8) is 0 Å². The van der Waals surface area contributed by atoms with E-state index in [9.17, 15) is 9.18 Å². The molecular formula is C18H21FN2O. The Hall–Kier alpha value is -2.20. The quantitative estimate of drug-likeness (QED) is 0.889. The van der Waals surface area contributed by atoms with E-state index in [-0.39, 0.29) is 11.7 Å². The van der Waals surface area contributed by atoms with E-state index in [1.807, 2.05) is 43.1 Å².